The minimum absolute atomic E-state index is 0. The summed E-state index contributed by atoms with van der Waals surface area (Å²) in [5.41, 5.74) is 1.31. The number of aliphatic hydroxyl groups is 1. The predicted molar refractivity (Wildman–Crippen MR) is 60.2 cm³/mol. The molecule has 0 saturated carbocycles. The molecule has 16 heavy (non-hydrogen) atoms. The fourth-order valence-electron chi connectivity index (χ4n) is 1.91. The molecule has 0 spiro atoms. The molecule has 1 heterocycles. The van der Waals surface area contributed by atoms with Gasteiger partial charge in [-0.2, -0.15) is 0 Å². The number of benzene rings is 1. The van der Waals surface area contributed by atoms with Crippen molar-refractivity contribution in [3.63, 3.8) is 0 Å². The summed E-state index contributed by atoms with van der Waals surface area (Å²) >= 11 is 0. The molecule has 0 fully saturated rings. The van der Waals surface area contributed by atoms with E-state index < -0.39 is 0 Å². The zero-order valence-electron chi connectivity index (χ0n) is 9.19. The molecule has 1 aliphatic heterocycles. The van der Waals surface area contributed by atoms with Crippen LogP contribution in [0.25, 0.3) is 0 Å². The molecule has 0 aromatic heterocycles. The van der Waals surface area contributed by atoms with Crippen LogP contribution in [0.3, 0.4) is 0 Å². The molecule has 1 aromatic rings. The molecule has 0 radical (unpaired) electrons. The number of hydrogen-bond acceptors (Lipinski definition) is 2. The number of amidine groups is 1. The van der Waals surface area contributed by atoms with E-state index in [-0.39, 0.29) is 19.0 Å². The molecule has 4 heteroatoms. The third-order valence-electron chi connectivity index (χ3n) is 2.68. The van der Waals surface area contributed by atoms with E-state index >= 15 is 0 Å². The van der Waals surface area contributed by atoms with Crippen LogP contribution in [0.4, 0.5) is 0 Å². The van der Waals surface area contributed by atoms with Crippen molar-refractivity contribution in [1.82, 2.24) is 5.32 Å². The Morgan fingerprint density at radius 1 is 1.25 bits per heavy atom. The summed E-state index contributed by atoms with van der Waals surface area (Å²) in [4.78, 5) is 0. The van der Waals surface area contributed by atoms with Crippen LogP contribution in [0.15, 0.2) is 30.3 Å². The zero-order valence-corrected chi connectivity index (χ0v) is 9.95. The van der Waals surface area contributed by atoms with Gasteiger partial charge in [-0.3, -0.25) is 9.89 Å². The molecule has 88 valence electrons. The predicted octanol–water partition coefficient (Wildman–Crippen LogP) is -2.76. The lowest BCUT2D eigenvalue weighted by atomic mass is 10.1. The summed E-state index contributed by atoms with van der Waals surface area (Å²) in [6, 6.07) is 10.4. The third kappa shape index (κ3) is 3.22. The Labute approximate surface area is 102 Å². The molecule has 0 aliphatic carbocycles. The van der Waals surface area contributed by atoms with Gasteiger partial charge >= 0.3 is 0 Å². The average molecular weight is 241 g/mol. The average Bonchev–Trinajstić information content (AvgIpc) is 2.68. The summed E-state index contributed by atoms with van der Waals surface area (Å²) < 4.78 is 2.22. The first-order valence-electron chi connectivity index (χ1n) is 5.39. The highest BCUT2D eigenvalue weighted by atomic mass is 35.5. The Morgan fingerprint density at radius 3 is 2.69 bits per heavy atom. The lowest BCUT2D eigenvalue weighted by Gasteiger charge is -2.02. The molecule has 0 amide bonds. The first-order valence-corrected chi connectivity index (χ1v) is 5.39. The third-order valence-corrected chi connectivity index (χ3v) is 2.68. The minimum Gasteiger partial charge on any atom is -1.00 e. The molecule has 3 nitrogen and oxygen atoms in total. The van der Waals surface area contributed by atoms with Crippen LogP contribution in [0, 0.1) is 0 Å². The van der Waals surface area contributed by atoms with E-state index in [1.165, 1.54) is 11.4 Å². The number of β-amino-alcohol motifs (C(OH)–C–C–N with tert-alkyl or cyclic N) is 1. The van der Waals surface area contributed by atoms with Crippen molar-refractivity contribution in [3.05, 3.63) is 35.9 Å². The van der Waals surface area contributed by atoms with Gasteiger partial charge < -0.3 is 17.5 Å². The summed E-state index contributed by atoms with van der Waals surface area (Å²) in [6.45, 7) is 2.94. The highest BCUT2D eigenvalue weighted by Gasteiger charge is 2.19. The van der Waals surface area contributed by atoms with Gasteiger partial charge in [0.15, 0.2) is 0 Å². The molecular weight excluding hydrogens is 224 g/mol. The lowest BCUT2D eigenvalue weighted by molar-refractivity contribution is -0.521. The first kappa shape index (κ1) is 13.0. The highest BCUT2D eigenvalue weighted by Crippen LogP contribution is 2.02. The Hall–Kier alpha value is -1.06. The van der Waals surface area contributed by atoms with Crippen molar-refractivity contribution in [3.8, 4) is 0 Å². The maximum absolute atomic E-state index is 8.93. The second-order valence-corrected chi connectivity index (χ2v) is 3.75. The number of hydrogen-bond donors (Lipinski definition) is 2. The first-order chi connectivity index (χ1) is 7.40. The van der Waals surface area contributed by atoms with E-state index in [9.17, 15) is 0 Å². The molecule has 2 rings (SSSR count). The van der Waals surface area contributed by atoms with Gasteiger partial charge in [-0.1, -0.05) is 30.3 Å². The van der Waals surface area contributed by atoms with Crippen molar-refractivity contribution in [2.24, 2.45) is 0 Å². The van der Waals surface area contributed by atoms with Crippen molar-refractivity contribution < 1.29 is 22.1 Å². The van der Waals surface area contributed by atoms with Crippen LogP contribution in [0.5, 0.6) is 0 Å². The van der Waals surface area contributed by atoms with Gasteiger partial charge in [0.1, 0.15) is 19.6 Å². The van der Waals surface area contributed by atoms with Gasteiger partial charge in [-0.15, -0.1) is 0 Å². The second kappa shape index (κ2) is 6.51. The molecule has 2 N–H and O–H groups in total. The van der Waals surface area contributed by atoms with Gasteiger partial charge in [0.05, 0.1) is 13.0 Å². The quantitative estimate of drug-likeness (QED) is 0.560. The summed E-state index contributed by atoms with van der Waals surface area (Å²) in [7, 11) is 0. The number of halogens is 1. The van der Waals surface area contributed by atoms with Crippen molar-refractivity contribution >= 4 is 5.84 Å². The zero-order chi connectivity index (χ0) is 10.5. The molecular formula is C12H17ClN2O. The van der Waals surface area contributed by atoms with Gasteiger partial charge in [-0.25, -0.2) is 0 Å². The van der Waals surface area contributed by atoms with Gasteiger partial charge in [-0.05, 0) is 5.56 Å². The van der Waals surface area contributed by atoms with E-state index in [4.69, 9.17) is 5.11 Å². The van der Waals surface area contributed by atoms with E-state index in [2.05, 4.69) is 34.2 Å². The van der Waals surface area contributed by atoms with Crippen molar-refractivity contribution in [2.45, 2.75) is 6.42 Å². The van der Waals surface area contributed by atoms with E-state index in [1.807, 2.05) is 6.07 Å². The lowest BCUT2D eigenvalue weighted by Crippen LogP contribution is -3.00. The van der Waals surface area contributed by atoms with Crippen LogP contribution in [-0.2, 0) is 6.42 Å². The summed E-state index contributed by atoms with van der Waals surface area (Å²) in [5.74, 6) is 1.23. The fraction of sp³-hybridized carbons (Fsp3) is 0.417. The monoisotopic (exact) mass is 240 g/mol. The maximum Gasteiger partial charge on any atom is 0.249 e. The van der Waals surface area contributed by atoms with E-state index in [0.29, 0.717) is 0 Å². The number of aliphatic hydroxyl groups excluding tert-OH is 1. The Morgan fingerprint density at radius 2 is 2.00 bits per heavy atom. The van der Waals surface area contributed by atoms with Gasteiger partial charge in [0.25, 0.3) is 0 Å². The maximum atomic E-state index is 8.93. The highest BCUT2D eigenvalue weighted by molar-refractivity contribution is 5.80. The fourth-order valence-corrected chi connectivity index (χ4v) is 1.91. The number of nitrogens with zero attached hydrogens (tertiary/aromatic N) is 1. The standard InChI is InChI=1S/C12H16N2O.ClH/c15-9-8-14-7-6-13-12(14)10-11-4-2-1-3-5-11;/h1-5,15H,6-10H2;1H. The largest absolute Gasteiger partial charge is 1.00 e. The number of rotatable bonds is 4. The van der Waals surface area contributed by atoms with E-state index in [1.54, 1.807) is 0 Å². The smallest absolute Gasteiger partial charge is 0.249 e. The summed E-state index contributed by atoms with van der Waals surface area (Å²) in [6.07, 6.45) is 0.931. The van der Waals surface area contributed by atoms with Crippen LogP contribution < -0.4 is 17.7 Å². The van der Waals surface area contributed by atoms with Crippen LogP contribution >= 0.6 is 0 Å². The Balaban J connectivity index is 0.00000128. The Kier molecular flexibility index (Phi) is 5.29. The normalized spacial score (nSPS) is 14.6. The van der Waals surface area contributed by atoms with Gasteiger partial charge in [0, 0.05) is 0 Å². The minimum atomic E-state index is 0. The number of nitrogens with one attached hydrogen (secondary N) is 1. The van der Waals surface area contributed by atoms with Crippen LogP contribution in [0.2, 0.25) is 0 Å². The summed E-state index contributed by atoms with van der Waals surface area (Å²) in [5, 5.41) is 12.3. The van der Waals surface area contributed by atoms with Crippen LogP contribution in [0.1, 0.15) is 5.56 Å². The molecule has 0 bridgehead atoms. The van der Waals surface area contributed by atoms with Gasteiger partial charge in [0.2, 0.25) is 5.84 Å². The van der Waals surface area contributed by atoms with Crippen LogP contribution in [-0.4, -0.2) is 41.8 Å². The van der Waals surface area contributed by atoms with Crippen molar-refractivity contribution in [2.75, 3.05) is 26.2 Å². The van der Waals surface area contributed by atoms with Crippen molar-refractivity contribution in [1.29, 1.82) is 0 Å². The molecule has 0 atom stereocenters. The molecule has 1 aromatic carbocycles. The second-order valence-electron chi connectivity index (χ2n) is 3.75. The molecule has 1 aliphatic rings. The topological polar surface area (TPSA) is 35.3 Å². The SMILES string of the molecule is OCC[N+]1=C(Cc2ccccc2)NCC1.[Cl-]. The van der Waals surface area contributed by atoms with E-state index in [0.717, 1.165) is 26.1 Å². The Bertz CT molecular complexity index is 351. The molecule has 0 saturated heterocycles. The molecule has 0 unspecified atom stereocenters.